The number of carbonyl (C=O) groups excluding carboxylic acids is 1. The summed E-state index contributed by atoms with van der Waals surface area (Å²) in [4.78, 5) is 12.4. The number of amides is 1. The summed E-state index contributed by atoms with van der Waals surface area (Å²) < 4.78 is 3.17. The quantitative estimate of drug-likeness (QED) is 0.537. The second kappa shape index (κ2) is 8.66. The Kier molecular flexibility index (Phi) is 6.55. The van der Waals surface area contributed by atoms with Gasteiger partial charge in [0.15, 0.2) is 8.29 Å². The molecule has 0 bridgehead atoms. The highest BCUT2D eigenvalue weighted by atomic mass is 35.5. The van der Waals surface area contributed by atoms with Gasteiger partial charge in [-0.3, -0.25) is 4.79 Å². The maximum atomic E-state index is 12.4. The van der Waals surface area contributed by atoms with Crippen LogP contribution in [0.2, 0.25) is 5.02 Å². The van der Waals surface area contributed by atoms with Gasteiger partial charge in [0.1, 0.15) is 0 Å². The molecule has 134 valence electrons. The maximum Gasteiger partial charge on any atom is 0.233 e. The normalized spacial score (nSPS) is 16.6. The van der Waals surface area contributed by atoms with E-state index in [9.17, 15) is 4.79 Å². The third kappa shape index (κ3) is 5.06. The number of benzene rings is 1. The molecule has 4 nitrogen and oxygen atoms in total. The highest BCUT2D eigenvalue weighted by Crippen LogP contribution is 2.28. The molecule has 0 radical (unpaired) electrons. The molecule has 1 amide bonds. The Hall–Kier alpha value is -0.890. The first-order chi connectivity index (χ1) is 12.0. The molecule has 1 aromatic heterocycles. The molecular formula is C17H20ClN3OS3. The third-order valence-corrected chi connectivity index (χ3v) is 6.87. The van der Waals surface area contributed by atoms with Crippen molar-refractivity contribution in [3.05, 3.63) is 33.2 Å². The molecule has 0 aliphatic heterocycles. The second-order valence-corrected chi connectivity index (χ2v) is 9.77. The highest BCUT2D eigenvalue weighted by Gasteiger charge is 2.21. The van der Waals surface area contributed by atoms with Crippen molar-refractivity contribution in [3.63, 3.8) is 0 Å². The van der Waals surface area contributed by atoms with E-state index in [1.54, 1.807) is 4.68 Å². The highest BCUT2D eigenvalue weighted by molar-refractivity contribution is 8.02. The van der Waals surface area contributed by atoms with E-state index in [4.69, 9.17) is 23.8 Å². The van der Waals surface area contributed by atoms with Crippen LogP contribution in [0.25, 0.3) is 5.69 Å². The van der Waals surface area contributed by atoms with Crippen molar-refractivity contribution in [2.24, 2.45) is 0 Å². The number of hydrogen-bond acceptors (Lipinski definition) is 5. The van der Waals surface area contributed by atoms with Crippen LogP contribution in [0.4, 0.5) is 0 Å². The minimum Gasteiger partial charge on any atom is -0.352 e. The fraction of sp³-hybridized carbons (Fsp3) is 0.471. The van der Waals surface area contributed by atoms with Gasteiger partial charge >= 0.3 is 0 Å². The summed E-state index contributed by atoms with van der Waals surface area (Å²) >= 11 is 14.2. The second-order valence-electron chi connectivity index (χ2n) is 6.13. The summed E-state index contributed by atoms with van der Waals surface area (Å²) in [5.74, 6) is 0.0797. The number of thioether (sulfide) groups is 1. The van der Waals surface area contributed by atoms with E-state index < -0.39 is 0 Å². The molecular weight excluding hydrogens is 394 g/mol. The monoisotopic (exact) mass is 413 g/mol. The van der Waals surface area contributed by atoms with Crippen LogP contribution < -0.4 is 5.32 Å². The standard InChI is InChI=1S/C17H20ClN3OS3/c1-11(15(22)19-13-5-3-2-4-6-13)24-16-20-21(17(23)25-16)14-9-7-12(18)8-10-14/h7-11,13H,2-6H2,1H3,(H,19,22)/t11-/m1/s1. The van der Waals surface area contributed by atoms with E-state index in [1.807, 2.05) is 31.2 Å². The van der Waals surface area contributed by atoms with Gasteiger partial charge in [-0.1, -0.05) is 54.0 Å². The van der Waals surface area contributed by atoms with Gasteiger partial charge in [0.05, 0.1) is 10.9 Å². The fourth-order valence-electron chi connectivity index (χ4n) is 2.82. The summed E-state index contributed by atoms with van der Waals surface area (Å²) in [6, 6.07) is 7.71. The van der Waals surface area contributed by atoms with Gasteiger partial charge < -0.3 is 5.32 Å². The number of rotatable bonds is 5. The number of aromatic nitrogens is 2. The van der Waals surface area contributed by atoms with Crippen LogP contribution in [0.3, 0.4) is 0 Å². The molecule has 1 N–H and O–H groups in total. The zero-order valence-electron chi connectivity index (χ0n) is 13.9. The number of carbonyl (C=O) groups is 1. The molecule has 0 spiro atoms. The Labute approximate surface area is 166 Å². The number of nitrogens with zero attached hydrogens (tertiary/aromatic N) is 2. The van der Waals surface area contributed by atoms with Crippen LogP contribution in [0.1, 0.15) is 39.0 Å². The van der Waals surface area contributed by atoms with E-state index in [0.29, 0.717) is 15.0 Å². The van der Waals surface area contributed by atoms with E-state index in [0.717, 1.165) is 22.9 Å². The Bertz CT molecular complexity index is 781. The van der Waals surface area contributed by atoms with E-state index in [2.05, 4.69) is 10.4 Å². The van der Waals surface area contributed by atoms with Crippen molar-refractivity contribution in [2.75, 3.05) is 0 Å². The minimum atomic E-state index is -0.193. The summed E-state index contributed by atoms with van der Waals surface area (Å²) in [6.07, 6.45) is 5.88. The zero-order chi connectivity index (χ0) is 17.8. The molecule has 8 heteroatoms. The lowest BCUT2D eigenvalue weighted by Crippen LogP contribution is -2.40. The number of halogens is 1. The van der Waals surface area contributed by atoms with E-state index in [-0.39, 0.29) is 11.2 Å². The molecule has 25 heavy (non-hydrogen) atoms. The molecule has 0 unspecified atom stereocenters. The van der Waals surface area contributed by atoms with Crippen molar-refractivity contribution in [1.29, 1.82) is 0 Å². The lowest BCUT2D eigenvalue weighted by atomic mass is 9.95. The Morgan fingerprint density at radius 2 is 2.04 bits per heavy atom. The van der Waals surface area contributed by atoms with Crippen LogP contribution in [0.5, 0.6) is 0 Å². The van der Waals surface area contributed by atoms with Crippen molar-refractivity contribution < 1.29 is 4.79 Å². The molecule has 1 fully saturated rings. The van der Waals surface area contributed by atoms with Gasteiger partial charge in [-0.2, -0.15) is 0 Å². The molecule has 1 heterocycles. The van der Waals surface area contributed by atoms with Crippen molar-refractivity contribution >= 4 is 52.8 Å². The summed E-state index contributed by atoms with van der Waals surface area (Å²) in [5.41, 5.74) is 0.872. The molecule has 1 aliphatic rings. The van der Waals surface area contributed by atoms with Crippen LogP contribution in [-0.4, -0.2) is 27.0 Å². The van der Waals surface area contributed by atoms with Crippen molar-refractivity contribution in [2.45, 2.75) is 54.7 Å². The largest absolute Gasteiger partial charge is 0.352 e. The van der Waals surface area contributed by atoms with Crippen molar-refractivity contribution in [1.82, 2.24) is 15.1 Å². The van der Waals surface area contributed by atoms with E-state index >= 15 is 0 Å². The third-order valence-electron chi connectivity index (χ3n) is 4.20. The Balaban J connectivity index is 1.64. The van der Waals surface area contributed by atoms with Gasteiger partial charge in [0, 0.05) is 11.1 Å². The SMILES string of the molecule is C[C@@H](Sc1nn(-c2ccc(Cl)cc2)c(=S)s1)C(=O)NC1CCCCC1. The number of nitrogens with one attached hydrogen (secondary N) is 1. The molecule has 3 rings (SSSR count). The smallest absolute Gasteiger partial charge is 0.233 e. The Morgan fingerprint density at radius 1 is 1.36 bits per heavy atom. The lowest BCUT2D eigenvalue weighted by Gasteiger charge is -2.24. The number of hydrogen-bond donors (Lipinski definition) is 1. The zero-order valence-corrected chi connectivity index (χ0v) is 17.1. The van der Waals surface area contributed by atoms with Gasteiger partial charge in [-0.25, -0.2) is 4.68 Å². The minimum absolute atomic E-state index is 0.0797. The van der Waals surface area contributed by atoms with Gasteiger partial charge in [0.25, 0.3) is 0 Å². The molecule has 1 atom stereocenters. The average molecular weight is 414 g/mol. The first-order valence-corrected chi connectivity index (χ1v) is 10.8. The lowest BCUT2D eigenvalue weighted by molar-refractivity contribution is -0.121. The van der Waals surface area contributed by atoms with Crippen molar-refractivity contribution in [3.8, 4) is 5.69 Å². The van der Waals surface area contributed by atoms with Crippen LogP contribution in [0.15, 0.2) is 28.6 Å². The summed E-state index contributed by atoms with van der Waals surface area (Å²) in [7, 11) is 0. The van der Waals surface area contributed by atoms with Gasteiger partial charge in [0.2, 0.25) is 5.91 Å². The maximum absolute atomic E-state index is 12.4. The molecule has 1 aromatic carbocycles. The van der Waals surface area contributed by atoms with Crippen LogP contribution in [0, 0.1) is 3.95 Å². The van der Waals surface area contributed by atoms with E-state index in [1.165, 1.54) is 42.4 Å². The Morgan fingerprint density at radius 3 is 2.72 bits per heavy atom. The van der Waals surface area contributed by atoms with Crippen LogP contribution in [-0.2, 0) is 4.79 Å². The predicted molar refractivity (Wildman–Crippen MR) is 108 cm³/mol. The topological polar surface area (TPSA) is 46.9 Å². The fourth-order valence-corrected chi connectivity index (χ4v) is 5.46. The van der Waals surface area contributed by atoms with Gasteiger partial charge in [-0.15, -0.1) is 5.10 Å². The van der Waals surface area contributed by atoms with Gasteiger partial charge in [-0.05, 0) is 56.2 Å². The summed E-state index contributed by atoms with van der Waals surface area (Å²) in [6.45, 7) is 1.92. The first-order valence-electron chi connectivity index (χ1n) is 8.36. The summed E-state index contributed by atoms with van der Waals surface area (Å²) in [5, 5.41) is 8.20. The average Bonchev–Trinajstić information content (AvgIpc) is 2.96. The molecule has 2 aromatic rings. The van der Waals surface area contributed by atoms with Crippen LogP contribution >= 0.6 is 46.9 Å². The predicted octanol–water partition coefficient (Wildman–Crippen LogP) is 5.25. The molecule has 1 aliphatic carbocycles. The molecule has 1 saturated carbocycles. The molecule has 0 saturated heterocycles. The first kappa shape index (κ1) is 18.9.